The van der Waals surface area contributed by atoms with Gasteiger partial charge in [-0.15, -0.1) is 0 Å². The average molecular weight is 304 g/mol. The van der Waals surface area contributed by atoms with Gasteiger partial charge in [-0.05, 0) is 18.2 Å². The van der Waals surface area contributed by atoms with Gasteiger partial charge in [0.1, 0.15) is 18.9 Å². The number of aromatic nitrogens is 1. The summed E-state index contributed by atoms with van der Waals surface area (Å²) in [6.07, 6.45) is 0. The van der Waals surface area contributed by atoms with E-state index in [1.807, 2.05) is 6.07 Å². The standard InChI is InChI=1S/C15H13FN2O4/c1-9(16)15(19)17-8-11-7-13(22-18-11)10-2-3-12-14(6-10)21-5-4-20-12/h2-3,6-7H,1,4-5,8H2,(H,17,19). The summed E-state index contributed by atoms with van der Waals surface area (Å²) in [6.45, 7) is 3.99. The lowest BCUT2D eigenvalue weighted by Gasteiger charge is -2.18. The van der Waals surface area contributed by atoms with Crippen molar-refractivity contribution >= 4 is 5.91 Å². The van der Waals surface area contributed by atoms with Crippen LogP contribution in [0, 0.1) is 0 Å². The van der Waals surface area contributed by atoms with Gasteiger partial charge < -0.3 is 19.3 Å². The van der Waals surface area contributed by atoms with Gasteiger partial charge in [-0.2, -0.15) is 0 Å². The summed E-state index contributed by atoms with van der Waals surface area (Å²) in [4.78, 5) is 11.1. The summed E-state index contributed by atoms with van der Waals surface area (Å²) >= 11 is 0. The van der Waals surface area contributed by atoms with Crippen LogP contribution in [-0.2, 0) is 11.3 Å². The summed E-state index contributed by atoms with van der Waals surface area (Å²) in [5.41, 5.74) is 1.24. The van der Waals surface area contributed by atoms with Crippen molar-refractivity contribution in [3.63, 3.8) is 0 Å². The first-order chi connectivity index (χ1) is 10.6. The highest BCUT2D eigenvalue weighted by Gasteiger charge is 2.15. The first-order valence-electron chi connectivity index (χ1n) is 6.62. The Morgan fingerprint density at radius 3 is 2.82 bits per heavy atom. The van der Waals surface area contributed by atoms with Gasteiger partial charge in [-0.3, -0.25) is 4.79 Å². The van der Waals surface area contributed by atoms with E-state index in [0.717, 1.165) is 5.56 Å². The smallest absolute Gasteiger partial charge is 0.279 e. The number of hydrogen-bond acceptors (Lipinski definition) is 5. The van der Waals surface area contributed by atoms with E-state index in [9.17, 15) is 9.18 Å². The van der Waals surface area contributed by atoms with Gasteiger partial charge in [0, 0.05) is 11.6 Å². The Bertz CT molecular complexity index is 726. The molecule has 0 bridgehead atoms. The van der Waals surface area contributed by atoms with E-state index in [2.05, 4.69) is 17.1 Å². The summed E-state index contributed by atoms with van der Waals surface area (Å²) in [5, 5.41) is 6.15. The van der Waals surface area contributed by atoms with Gasteiger partial charge in [0.15, 0.2) is 23.1 Å². The molecule has 114 valence electrons. The summed E-state index contributed by atoms with van der Waals surface area (Å²) in [7, 11) is 0. The molecule has 3 rings (SSSR count). The maximum atomic E-state index is 12.6. The minimum atomic E-state index is -1.05. The van der Waals surface area contributed by atoms with Crippen LogP contribution in [0.2, 0.25) is 0 Å². The fraction of sp³-hybridized carbons (Fsp3) is 0.200. The normalized spacial score (nSPS) is 12.8. The van der Waals surface area contributed by atoms with Crippen molar-refractivity contribution in [2.45, 2.75) is 6.54 Å². The molecule has 0 saturated carbocycles. The van der Waals surface area contributed by atoms with E-state index in [-0.39, 0.29) is 6.54 Å². The topological polar surface area (TPSA) is 73.6 Å². The molecular formula is C15H13FN2O4. The van der Waals surface area contributed by atoms with E-state index in [0.29, 0.717) is 36.2 Å². The van der Waals surface area contributed by atoms with Crippen molar-refractivity contribution in [2.24, 2.45) is 0 Å². The Hall–Kier alpha value is -2.83. The molecule has 1 aromatic carbocycles. The van der Waals surface area contributed by atoms with Crippen LogP contribution in [0.4, 0.5) is 4.39 Å². The first-order valence-corrected chi connectivity index (χ1v) is 6.62. The largest absolute Gasteiger partial charge is 0.486 e. The number of hydrogen-bond donors (Lipinski definition) is 1. The van der Waals surface area contributed by atoms with Crippen LogP contribution in [0.1, 0.15) is 5.69 Å². The third kappa shape index (κ3) is 2.93. The number of benzene rings is 1. The number of carbonyl (C=O) groups is 1. The summed E-state index contributed by atoms with van der Waals surface area (Å²) in [5.74, 6) is -0.0769. The van der Waals surface area contributed by atoms with Crippen LogP contribution in [0.5, 0.6) is 11.5 Å². The van der Waals surface area contributed by atoms with Gasteiger partial charge >= 0.3 is 0 Å². The van der Waals surface area contributed by atoms with Crippen LogP contribution in [-0.4, -0.2) is 24.3 Å². The van der Waals surface area contributed by atoms with Gasteiger partial charge in [0.25, 0.3) is 5.91 Å². The number of nitrogens with zero attached hydrogens (tertiary/aromatic N) is 1. The zero-order chi connectivity index (χ0) is 15.5. The highest BCUT2D eigenvalue weighted by atomic mass is 19.1. The third-order valence-electron chi connectivity index (χ3n) is 3.06. The zero-order valence-electron chi connectivity index (χ0n) is 11.6. The number of nitrogens with one attached hydrogen (secondary N) is 1. The predicted molar refractivity (Wildman–Crippen MR) is 75.0 cm³/mol. The van der Waals surface area contributed by atoms with Crippen LogP contribution >= 0.6 is 0 Å². The number of halogens is 1. The molecule has 0 radical (unpaired) electrons. The Morgan fingerprint density at radius 1 is 1.27 bits per heavy atom. The fourth-order valence-electron chi connectivity index (χ4n) is 1.99. The van der Waals surface area contributed by atoms with Gasteiger partial charge in [-0.25, -0.2) is 4.39 Å². The molecule has 0 fully saturated rings. The van der Waals surface area contributed by atoms with Crippen LogP contribution in [0.3, 0.4) is 0 Å². The van der Waals surface area contributed by atoms with Crippen LogP contribution in [0.25, 0.3) is 11.3 Å². The van der Waals surface area contributed by atoms with Gasteiger partial charge in [0.2, 0.25) is 0 Å². The van der Waals surface area contributed by atoms with Crippen molar-refractivity contribution in [1.29, 1.82) is 0 Å². The monoisotopic (exact) mass is 304 g/mol. The molecule has 0 atom stereocenters. The van der Waals surface area contributed by atoms with Crippen molar-refractivity contribution in [1.82, 2.24) is 10.5 Å². The quantitative estimate of drug-likeness (QED) is 0.877. The molecule has 1 aliphatic heterocycles. The Labute approximate surface area is 125 Å². The molecular weight excluding hydrogens is 291 g/mol. The zero-order valence-corrected chi connectivity index (χ0v) is 11.6. The maximum Gasteiger partial charge on any atom is 0.279 e. The van der Waals surface area contributed by atoms with Crippen molar-refractivity contribution in [3.05, 3.63) is 42.4 Å². The fourth-order valence-corrected chi connectivity index (χ4v) is 1.99. The molecule has 2 aromatic rings. The minimum Gasteiger partial charge on any atom is -0.486 e. The Kier molecular flexibility index (Phi) is 3.78. The highest BCUT2D eigenvalue weighted by Crippen LogP contribution is 2.34. The van der Waals surface area contributed by atoms with E-state index in [4.69, 9.17) is 14.0 Å². The Morgan fingerprint density at radius 2 is 2.05 bits per heavy atom. The average Bonchev–Trinajstić information content (AvgIpc) is 3.01. The lowest BCUT2D eigenvalue weighted by atomic mass is 10.1. The van der Waals surface area contributed by atoms with Crippen LogP contribution < -0.4 is 14.8 Å². The van der Waals surface area contributed by atoms with Gasteiger partial charge in [-0.1, -0.05) is 11.7 Å². The van der Waals surface area contributed by atoms with E-state index >= 15 is 0 Å². The maximum absolute atomic E-state index is 12.6. The number of rotatable bonds is 4. The molecule has 0 saturated heterocycles. The van der Waals surface area contributed by atoms with E-state index < -0.39 is 11.7 Å². The molecule has 0 spiro atoms. The second-order valence-electron chi connectivity index (χ2n) is 4.63. The third-order valence-corrected chi connectivity index (χ3v) is 3.06. The molecule has 1 amide bonds. The molecule has 1 aliphatic rings. The van der Waals surface area contributed by atoms with Crippen LogP contribution in [0.15, 0.2) is 41.2 Å². The number of fused-ring (bicyclic) bond motifs is 1. The van der Waals surface area contributed by atoms with Gasteiger partial charge in [0.05, 0.1) is 6.54 Å². The van der Waals surface area contributed by atoms with Crippen molar-refractivity contribution in [2.75, 3.05) is 13.2 Å². The van der Waals surface area contributed by atoms with E-state index in [1.54, 1.807) is 18.2 Å². The lowest BCUT2D eigenvalue weighted by molar-refractivity contribution is -0.119. The molecule has 22 heavy (non-hydrogen) atoms. The minimum absolute atomic E-state index is 0.0514. The lowest BCUT2D eigenvalue weighted by Crippen LogP contribution is -2.22. The molecule has 0 unspecified atom stereocenters. The number of amides is 1. The van der Waals surface area contributed by atoms with Crippen molar-refractivity contribution in [3.8, 4) is 22.8 Å². The highest BCUT2D eigenvalue weighted by molar-refractivity contribution is 5.90. The summed E-state index contributed by atoms with van der Waals surface area (Å²) < 4.78 is 28.7. The molecule has 6 nitrogen and oxygen atoms in total. The summed E-state index contributed by atoms with van der Waals surface area (Å²) in [6, 6.07) is 7.06. The molecule has 2 heterocycles. The number of carbonyl (C=O) groups excluding carboxylic acids is 1. The molecule has 1 aromatic heterocycles. The second kappa shape index (κ2) is 5.88. The SMILES string of the molecule is C=C(F)C(=O)NCc1cc(-c2ccc3c(c2)OCCO3)on1. The molecule has 0 aliphatic carbocycles. The van der Waals surface area contributed by atoms with Crippen molar-refractivity contribution < 1.29 is 23.2 Å². The molecule has 7 heteroatoms. The van der Waals surface area contributed by atoms with E-state index in [1.165, 1.54) is 0 Å². The number of ether oxygens (including phenoxy) is 2. The Balaban J connectivity index is 1.73. The first kappa shape index (κ1) is 14.1. The molecule has 1 N–H and O–H groups in total. The second-order valence-corrected chi connectivity index (χ2v) is 4.63. The predicted octanol–water partition coefficient (Wildman–Crippen LogP) is 2.21.